The summed E-state index contributed by atoms with van der Waals surface area (Å²) in [5.74, 6) is -1.47. The molecule has 1 aliphatic heterocycles. The van der Waals surface area contributed by atoms with E-state index in [1.54, 1.807) is 0 Å². The number of nitrogens with one attached hydrogen (secondary N) is 3. The average Bonchev–Trinajstić information content (AvgIpc) is 2.33. The lowest BCUT2D eigenvalue weighted by molar-refractivity contribution is -0.134. The lowest BCUT2D eigenvalue weighted by atomic mass is 10.1. The van der Waals surface area contributed by atoms with Gasteiger partial charge < -0.3 is 5.32 Å². The van der Waals surface area contributed by atoms with Crippen LogP contribution in [0.1, 0.15) is 23.3 Å². The second kappa shape index (κ2) is 4.78. The fourth-order valence-corrected chi connectivity index (χ4v) is 1.53. The average molecular weight is 250 g/mol. The van der Waals surface area contributed by atoms with Gasteiger partial charge in [0.15, 0.2) is 0 Å². The highest BCUT2D eigenvalue weighted by molar-refractivity contribution is 6.03. The number of carbonyl (C=O) groups is 3. The standard InChI is InChI=1S/C10H10N4O4/c15-7-3-1-5(9(17)12-7)11-10(18)6-2-4-8(16)14-13-6/h2,4-5H,1,3H2,(H,11,18)(H,14,16)(H,12,15,17). The van der Waals surface area contributed by atoms with Gasteiger partial charge in [0.2, 0.25) is 11.8 Å². The molecule has 1 aromatic rings. The molecular weight excluding hydrogens is 240 g/mol. The highest BCUT2D eigenvalue weighted by Crippen LogP contribution is 2.05. The number of piperidine rings is 1. The molecule has 1 aliphatic rings. The molecule has 0 radical (unpaired) electrons. The highest BCUT2D eigenvalue weighted by Gasteiger charge is 2.28. The van der Waals surface area contributed by atoms with Crippen molar-refractivity contribution in [1.82, 2.24) is 20.8 Å². The smallest absolute Gasteiger partial charge is 0.272 e. The van der Waals surface area contributed by atoms with Crippen molar-refractivity contribution in [1.29, 1.82) is 0 Å². The maximum atomic E-state index is 11.7. The van der Waals surface area contributed by atoms with Crippen LogP contribution in [-0.4, -0.2) is 34.0 Å². The first-order valence-electron chi connectivity index (χ1n) is 5.26. The zero-order valence-electron chi connectivity index (χ0n) is 9.23. The van der Waals surface area contributed by atoms with Gasteiger partial charge in [0.1, 0.15) is 11.7 Å². The molecule has 8 heteroatoms. The molecule has 1 fully saturated rings. The Kier molecular flexibility index (Phi) is 3.18. The molecule has 1 atom stereocenters. The zero-order valence-corrected chi connectivity index (χ0v) is 9.23. The van der Waals surface area contributed by atoms with Crippen LogP contribution in [0.2, 0.25) is 0 Å². The number of imide groups is 1. The van der Waals surface area contributed by atoms with E-state index in [0.717, 1.165) is 6.07 Å². The molecule has 2 heterocycles. The molecule has 8 nitrogen and oxygen atoms in total. The highest BCUT2D eigenvalue weighted by atomic mass is 16.2. The number of amides is 3. The van der Waals surface area contributed by atoms with Crippen molar-refractivity contribution in [2.45, 2.75) is 18.9 Å². The van der Waals surface area contributed by atoms with Gasteiger partial charge in [0, 0.05) is 12.5 Å². The van der Waals surface area contributed by atoms with Crippen molar-refractivity contribution in [2.24, 2.45) is 0 Å². The van der Waals surface area contributed by atoms with E-state index < -0.39 is 23.4 Å². The fourth-order valence-electron chi connectivity index (χ4n) is 1.53. The van der Waals surface area contributed by atoms with Crippen molar-refractivity contribution in [2.75, 3.05) is 0 Å². The largest absolute Gasteiger partial charge is 0.339 e. The summed E-state index contributed by atoms with van der Waals surface area (Å²) in [6, 6.07) is 1.65. The van der Waals surface area contributed by atoms with Gasteiger partial charge in [-0.15, -0.1) is 0 Å². The van der Waals surface area contributed by atoms with Gasteiger partial charge in [0.25, 0.3) is 11.5 Å². The number of H-pyrrole nitrogens is 1. The first kappa shape index (κ1) is 12.0. The summed E-state index contributed by atoms with van der Waals surface area (Å²) in [7, 11) is 0. The van der Waals surface area contributed by atoms with Gasteiger partial charge in [-0.05, 0) is 12.5 Å². The van der Waals surface area contributed by atoms with Crippen LogP contribution in [0.15, 0.2) is 16.9 Å². The summed E-state index contributed by atoms with van der Waals surface area (Å²) in [6.07, 6.45) is 0.426. The molecule has 1 saturated heterocycles. The monoisotopic (exact) mass is 250 g/mol. The second-order valence-corrected chi connectivity index (χ2v) is 3.78. The molecule has 1 aromatic heterocycles. The third kappa shape index (κ3) is 2.59. The van der Waals surface area contributed by atoms with Gasteiger partial charge in [-0.2, -0.15) is 5.10 Å². The van der Waals surface area contributed by atoms with Crippen LogP contribution in [0.4, 0.5) is 0 Å². The number of hydrogen-bond acceptors (Lipinski definition) is 5. The van der Waals surface area contributed by atoms with Gasteiger partial charge in [-0.1, -0.05) is 0 Å². The Bertz CT molecular complexity index is 545. The number of hydrogen-bond donors (Lipinski definition) is 3. The summed E-state index contributed by atoms with van der Waals surface area (Å²) in [4.78, 5) is 44.8. The minimum absolute atomic E-state index is 0.000648. The Balaban J connectivity index is 2.03. The quantitative estimate of drug-likeness (QED) is 0.540. The Morgan fingerprint density at radius 2 is 2.11 bits per heavy atom. The lowest BCUT2D eigenvalue weighted by Gasteiger charge is -2.21. The summed E-state index contributed by atoms with van der Waals surface area (Å²) >= 11 is 0. The molecule has 94 valence electrons. The Morgan fingerprint density at radius 3 is 2.72 bits per heavy atom. The van der Waals surface area contributed by atoms with E-state index in [9.17, 15) is 19.2 Å². The molecule has 3 amide bonds. The van der Waals surface area contributed by atoms with E-state index in [0.29, 0.717) is 0 Å². The van der Waals surface area contributed by atoms with E-state index in [1.165, 1.54) is 6.07 Å². The molecule has 0 saturated carbocycles. The van der Waals surface area contributed by atoms with Crippen LogP contribution in [0.3, 0.4) is 0 Å². The number of nitrogens with zero attached hydrogens (tertiary/aromatic N) is 1. The van der Waals surface area contributed by atoms with Crippen molar-refractivity contribution >= 4 is 17.7 Å². The van der Waals surface area contributed by atoms with Crippen LogP contribution >= 0.6 is 0 Å². The first-order chi connectivity index (χ1) is 8.56. The Labute approximate surface area is 101 Å². The van der Waals surface area contributed by atoms with Gasteiger partial charge >= 0.3 is 0 Å². The van der Waals surface area contributed by atoms with Crippen LogP contribution in [0.25, 0.3) is 0 Å². The summed E-state index contributed by atoms with van der Waals surface area (Å²) in [5.41, 5.74) is -0.424. The molecule has 18 heavy (non-hydrogen) atoms. The number of aromatic amines is 1. The second-order valence-electron chi connectivity index (χ2n) is 3.78. The van der Waals surface area contributed by atoms with Gasteiger partial charge in [-0.3, -0.25) is 24.5 Å². The predicted octanol–water partition coefficient (Wildman–Crippen LogP) is -1.70. The first-order valence-corrected chi connectivity index (χ1v) is 5.26. The van der Waals surface area contributed by atoms with E-state index in [1.807, 2.05) is 0 Å². The SMILES string of the molecule is O=C1CCC(NC(=O)c2ccc(=O)[nH]n2)C(=O)N1. The third-order valence-corrected chi connectivity index (χ3v) is 2.46. The van der Waals surface area contributed by atoms with Crippen LogP contribution < -0.4 is 16.2 Å². The van der Waals surface area contributed by atoms with Crippen molar-refractivity contribution in [3.8, 4) is 0 Å². The van der Waals surface area contributed by atoms with Crippen molar-refractivity contribution in [3.05, 3.63) is 28.2 Å². The Hall–Kier alpha value is -2.51. The fraction of sp³-hybridized carbons (Fsp3) is 0.300. The summed E-state index contributed by atoms with van der Waals surface area (Å²) in [6.45, 7) is 0. The van der Waals surface area contributed by atoms with Crippen molar-refractivity contribution < 1.29 is 14.4 Å². The summed E-state index contributed by atoms with van der Waals surface area (Å²) in [5, 5.41) is 10.2. The maximum Gasteiger partial charge on any atom is 0.272 e. The number of rotatable bonds is 2. The van der Waals surface area contributed by atoms with Gasteiger partial charge in [0.05, 0.1) is 0 Å². The van der Waals surface area contributed by atoms with Crippen LogP contribution in [0, 0.1) is 0 Å². The molecular formula is C10H10N4O4. The third-order valence-electron chi connectivity index (χ3n) is 2.46. The van der Waals surface area contributed by atoms with E-state index >= 15 is 0 Å². The zero-order chi connectivity index (χ0) is 13.1. The predicted molar refractivity (Wildman–Crippen MR) is 58.5 cm³/mol. The topological polar surface area (TPSA) is 121 Å². The van der Waals surface area contributed by atoms with E-state index in [-0.39, 0.29) is 24.4 Å². The molecule has 3 N–H and O–H groups in total. The van der Waals surface area contributed by atoms with E-state index in [2.05, 4.69) is 20.8 Å². The van der Waals surface area contributed by atoms with Crippen LogP contribution in [0.5, 0.6) is 0 Å². The molecule has 0 aromatic carbocycles. The molecule has 1 unspecified atom stereocenters. The summed E-state index contributed by atoms with van der Waals surface area (Å²) < 4.78 is 0. The van der Waals surface area contributed by atoms with E-state index in [4.69, 9.17) is 0 Å². The molecule has 0 aliphatic carbocycles. The van der Waals surface area contributed by atoms with Crippen molar-refractivity contribution in [3.63, 3.8) is 0 Å². The minimum Gasteiger partial charge on any atom is -0.339 e. The number of aromatic nitrogens is 2. The normalized spacial score (nSPS) is 19.2. The molecule has 0 spiro atoms. The minimum atomic E-state index is -0.760. The molecule has 2 rings (SSSR count). The lowest BCUT2D eigenvalue weighted by Crippen LogP contribution is -2.52. The Morgan fingerprint density at radius 1 is 1.33 bits per heavy atom. The number of carbonyl (C=O) groups excluding carboxylic acids is 3. The van der Waals surface area contributed by atoms with Crippen LogP contribution in [-0.2, 0) is 9.59 Å². The van der Waals surface area contributed by atoms with Gasteiger partial charge in [-0.25, -0.2) is 5.10 Å². The molecule has 0 bridgehead atoms. The maximum absolute atomic E-state index is 11.7.